The Morgan fingerprint density at radius 1 is 1.23 bits per heavy atom. The van der Waals surface area contributed by atoms with E-state index < -0.39 is 0 Å². The highest BCUT2D eigenvalue weighted by atomic mass is 16.5. The summed E-state index contributed by atoms with van der Waals surface area (Å²) >= 11 is 0. The van der Waals surface area contributed by atoms with E-state index in [1.54, 1.807) is 6.92 Å². The number of nitrogens with zero attached hydrogens (tertiary/aromatic N) is 1. The molecule has 0 saturated carbocycles. The molecule has 1 heterocycles. The smallest absolute Gasteiger partial charge is 0.159 e. The van der Waals surface area contributed by atoms with Gasteiger partial charge in [0.2, 0.25) is 0 Å². The van der Waals surface area contributed by atoms with E-state index in [1.807, 2.05) is 36.4 Å². The summed E-state index contributed by atoms with van der Waals surface area (Å²) in [5.41, 5.74) is 2.92. The summed E-state index contributed by atoms with van der Waals surface area (Å²) in [6, 6.07) is 13.8. The first kappa shape index (κ1) is 18.3. The molecule has 0 aliphatic carbocycles. The van der Waals surface area contributed by atoms with Crippen molar-refractivity contribution in [2.24, 2.45) is 0 Å². The maximum absolute atomic E-state index is 11.7. The lowest BCUT2D eigenvalue weighted by Crippen LogP contribution is -2.39. The second-order valence-electron chi connectivity index (χ2n) is 6.93. The highest BCUT2D eigenvalue weighted by molar-refractivity contribution is 5.95. The number of benzene rings is 2. The first-order chi connectivity index (χ1) is 12.5. The first-order valence-corrected chi connectivity index (χ1v) is 9.29. The van der Waals surface area contributed by atoms with Crippen LogP contribution < -0.4 is 14.4 Å². The Labute approximate surface area is 155 Å². The highest BCUT2D eigenvalue weighted by Crippen LogP contribution is 2.34. The van der Waals surface area contributed by atoms with Gasteiger partial charge in [-0.05, 0) is 63.4 Å². The summed E-state index contributed by atoms with van der Waals surface area (Å²) in [7, 11) is 0. The van der Waals surface area contributed by atoms with Gasteiger partial charge in [0.15, 0.2) is 5.78 Å². The SMILES string of the molecule is CC(=O)c1ccc2c(c1)N(CCCCOc1ccccc1C)CC(C)O2. The monoisotopic (exact) mass is 353 g/mol. The van der Waals surface area contributed by atoms with Crippen LogP contribution in [0.4, 0.5) is 5.69 Å². The fourth-order valence-corrected chi connectivity index (χ4v) is 3.26. The number of rotatable bonds is 7. The Balaban J connectivity index is 1.56. The fourth-order valence-electron chi connectivity index (χ4n) is 3.26. The molecule has 1 aliphatic rings. The van der Waals surface area contributed by atoms with Crippen molar-refractivity contribution in [1.29, 1.82) is 0 Å². The van der Waals surface area contributed by atoms with Gasteiger partial charge in [0, 0.05) is 12.1 Å². The predicted octanol–water partition coefficient (Wildman–Crippen LogP) is 4.64. The van der Waals surface area contributed by atoms with Gasteiger partial charge < -0.3 is 14.4 Å². The van der Waals surface area contributed by atoms with Crippen LogP contribution >= 0.6 is 0 Å². The molecule has 0 amide bonds. The van der Waals surface area contributed by atoms with Crippen molar-refractivity contribution in [2.75, 3.05) is 24.6 Å². The zero-order chi connectivity index (χ0) is 18.5. The number of fused-ring (bicyclic) bond motifs is 1. The van der Waals surface area contributed by atoms with E-state index in [9.17, 15) is 4.79 Å². The number of carbonyl (C=O) groups is 1. The largest absolute Gasteiger partial charge is 0.493 e. The van der Waals surface area contributed by atoms with Crippen molar-refractivity contribution >= 4 is 11.5 Å². The lowest BCUT2D eigenvalue weighted by atomic mass is 10.1. The molecule has 4 heteroatoms. The average molecular weight is 353 g/mol. The highest BCUT2D eigenvalue weighted by Gasteiger charge is 2.23. The second-order valence-corrected chi connectivity index (χ2v) is 6.93. The number of unbranched alkanes of at least 4 members (excludes halogenated alkanes) is 1. The number of hydrogen-bond acceptors (Lipinski definition) is 4. The van der Waals surface area contributed by atoms with E-state index >= 15 is 0 Å². The van der Waals surface area contributed by atoms with Crippen LogP contribution in [-0.2, 0) is 0 Å². The number of hydrogen-bond donors (Lipinski definition) is 0. The molecule has 0 aromatic heterocycles. The Morgan fingerprint density at radius 3 is 2.81 bits per heavy atom. The van der Waals surface area contributed by atoms with E-state index in [0.29, 0.717) is 6.61 Å². The molecule has 26 heavy (non-hydrogen) atoms. The van der Waals surface area contributed by atoms with Crippen LogP contribution in [0.2, 0.25) is 0 Å². The van der Waals surface area contributed by atoms with Crippen LogP contribution in [0.25, 0.3) is 0 Å². The Morgan fingerprint density at radius 2 is 2.04 bits per heavy atom. The van der Waals surface area contributed by atoms with Crippen molar-refractivity contribution < 1.29 is 14.3 Å². The molecule has 1 atom stereocenters. The lowest BCUT2D eigenvalue weighted by molar-refractivity contribution is 0.101. The number of ketones is 1. The van der Waals surface area contributed by atoms with Crippen LogP contribution in [0.15, 0.2) is 42.5 Å². The summed E-state index contributed by atoms with van der Waals surface area (Å²) in [6.07, 6.45) is 2.17. The van der Waals surface area contributed by atoms with E-state index in [0.717, 1.165) is 48.7 Å². The summed E-state index contributed by atoms with van der Waals surface area (Å²) in [5, 5.41) is 0. The van der Waals surface area contributed by atoms with Gasteiger partial charge in [-0.1, -0.05) is 18.2 Å². The summed E-state index contributed by atoms with van der Waals surface area (Å²) in [6.45, 7) is 8.22. The lowest BCUT2D eigenvalue weighted by Gasteiger charge is -2.35. The van der Waals surface area contributed by atoms with Crippen molar-refractivity contribution in [3.8, 4) is 11.5 Å². The third-order valence-corrected chi connectivity index (χ3v) is 4.69. The number of para-hydroxylation sites is 1. The predicted molar refractivity (Wildman–Crippen MR) is 105 cm³/mol. The van der Waals surface area contributed by atoms with E-state index in [2.05, 4.69) is 24.8 Å². The van der Waals surface area contributed by atoms with Crippen LogP contribution in [0.3, 0.4) is 0 Å². The molecule has 1 aliphatic heterocycles. The van der Waals surface area contributed by atoms with Crippen molar-refractivity contribution in [2.45, 2.75) is 39.7 Å². The quantitative estimate of drug-likeness (QED) is 0.537. The van der Waals surface area contributed by atoms with E-state index in [4.69, 9.17) is 9.47 Å². The second kappa shape index (κ2) is 8.26. The number of aryl methyl sites for hydroxylation is 1. The molecule has 4 nitrogen and oxygen atoms in total. The van der Waals surface area contributed by atoms with Crippen molar-refractivity contribution in [3.63, 3.8) is 0 Å². The first-order valence-electron chi connectivity index (χ1n) is 9.29. The zero-order valence-corrected chi connectivity index (χ0v) is 15.8. The molecule has 0 fully saturated rings. The maximum Gasteiger partial charge on any atom is 0.159 e. The van der Waals surface area contributed by atoms with Gasteiger partial charge >= 0.3 is 0 Å². The summed E-state index contributed by atoms with van der Waals surface area (Å²) in [5.74, 6) is 1.91. The molecule has 2 aromatic rings. The van der Waals surface area contributed by atoms with E-state index in [-0.39, 0.29) is 11.9 Å². The van der Waals surface area contributed by atoms with Crippen LogP contribution in [0.1, 0.15) is 42.6 Å². The topological polar surface area (TPSA) is 38.8 Å². The molecule has 0 N–H and O–H groups in total. The number of ether oxygens (including phenoxy) is 2. The number of Topliss-reactive ketones (excluding diaryl/α,β-unsaturated/α-hetero) is 1. The molecule has 1 unspecified atom stereocenters. The van der Waals surface area contributed by atoms with Crippen LogP contribution in [-0.4, -0.2) is 31.6 Å². The fraction of sp³-hybridized carbons (Fsp3) is 0.409. The minimum atomic E-state index is 0.0815. The Kier molecular flexibility index (Phi) is 5.82. The maximum atomic E-state index is 11.7. The normalized spacial score (nSPS) is 16.0. The molecule has 0 saturated heterocycles. The Hall–Kier alpha value is -2.49. The molecule has 0 radical (unpaired) electrons. The minimum Gasteiger partial charge on any atom is -0.493 e. The summed E-state index contributed by atoms with van der Waals surface area (Å²) < 4.78 is 11.8. The molecule has 2 aromatic carbocycles. The van der Waals surface area contributed by atoms with Gasteiger partial charge in [-0.2, -0.15) is 0 Å². The average Bonchev–Trinajstić information content (AvgIpc) is 2.62. The molecule has 0 bridgehead atoms. The Bertz CT molecular complexity index is 772. The van der Waals surface area contributed by atoms with Crippen molar-refractivity contribution in [1.82, 2.24) is 0 Å². The number of anilines is 1. The minimum absolute atomic E-state index is 0.0815. The van der Waals surface area contributed by atoms with Gasteiger partial charge in [0.05, 0.1) is 18.8 Å². The van der Waals surface area contributed by atoms with Crippen LogP contribution in [0.5, 0.6) is 11.5 Å². The summed E-state index contributed by atoms with van der Waals surface area (Å²) in [4.78, 5) is 14.0. The standard InChI is InChI=1S/C22H27NO3/c1-16-8-4-5-9-21(16)25-13-7-6-12-23-15-17(2)26-22-11-10-19(18(3)24)14-20(22)23/h4-5,8-11,14,17H,6-7,12-13,15H2,1-3H3. The number of carbonyl (C=O) groups excluding carboxylic acids is 1. The molecule has 3 rings (SSSR count). The van der Waals surface area contributed by atoms with Gasteiger partial charge in [-0.3, -0.25) is 4.79 Å². The molecule has 138 valence electrons. The van der Waals surface area contributed by atoms with Gasteiger partial charge in [-0.15, -0.1) is 0 Å². The third-order valence-electron chi connectivity index (χ3n) is 4.69. The van der Waals surface area contributed by atoms with Gasteiger partial charge in [0.25, 0.3) is 0 Å². The molecule has 0 spiro atoms. The van der Waals surface area contributed by atoms with Gasteiger partial charge in [0.1, 0.15) is 17.6 Å². The van der Waals surface area contributed by atoms with Crippen molar-refractivity contribution in [3.05, 3.63) is 53.6 Å². The third kappa shape index (κ3) is 4.37. The van der Waals surface area contributed by atoms with E-state index in [1.165, 1.54) is 5.56 Å². The molecular weight excluding hydrogens is 326 g/mol. The zero-order valence-electron chi connectivity index (χ0n) is 15.8. The van der Waals surface area contributed by atoms with Crippen LogP contribution in [0, 0.1) is 6.92 Å². The van der Waals surface area contributed by atoms with Gasteiger partial charge in [-0.25, -0.2) is 0 Å². The molecular formula is C22H27NO3.